The van der Waals surface area contributed by atoms with Gasteiger partial charge in [-0.2, -0.15) is 13.2 Å². The molecule has 0 radical (unpaired) electrons. The minimum atomic E-state index is -4.50. The van der Waals surface area contributed by atoms with Gasteiger partial charge in [-0.25, -0.2) is 0 Å². The molecule has 1 aromatic rings. The van der Waals surface area contributed by atoms with Gasteiger partial charge in [-0.05, 0) is 62.4 Å². The maximum Gasteiger partial charge on any atom is 0.416 e. The fourth-order valence-electron chi connectivity index (χ4n) is 6.97. The molecule has 0 heterocycles. The lowest BCUT2D eigenvalue weighted by Crippen LogP contribution is -2.53. The summed E-state index contributed by atoms with van der Waals surface area (Å²) in [5.41, 5.74) is 10.8. The molecule has 0 spiro atoms. The van der Waals surface area contributed by atoms with E-state index in [1.54, 1.807) is 25.1 Å². The van der Waals surface area contributed by atoms with Gasteiger partial charge in [0, 0.05) is 23.6 Å². The van der Waals surface area contributed by atoms with Crippen LogP contribution in [0.1, 0.15) is 45.8 Å². The number of phenolic OH excluding ortho intramolecular Hbond substituents is 1. The van der Waals surface area contributed by atoms with Crippen LogP contribution in [0.15, 0.2) is 52.5 Å². The smallest absolute Gasteiger partial charge is 0.416 e. The highest BCUT2D eigenvalue weighted by molar-refractivity contribution is 6.22. The summed E-state index contributed by atoms with van der Waals surface area (Å²) in [4.78, 5) is 41.0. The van der Waals surface area contributed by atoms with E-state index in [1.165, 1.54) is 6.08 Å². The molecule has 0 saturated carbocycles. The Kier molecular flexibility index (Phi) is 6.90. The summed E-state index contributed by atoms with van der Waals surface area (Å²) in [5.74, 6) is -7.39. The van der Waals surface area contributed by atoms with Gasteiger partial charge in [0.1, 0.15) is 22.8 Å². The van der Waals surface area contributed by atoms with Gasteiger partial charge in [0.2, 0.25) is 0 Å². The van der Waals surface area contributed by atoms with Gasteiger partial charge in [-0.15, -0.1) is 0 Å². The zero-order valence-electron chi connectivity index (χ0n) is 22.3. The number of aromatic hydroxyl groups is 1. The third kappa shape index (κ3) is 4.36. The van der Waals surface area contributed by atoms with Crippen LogP contribution in [-0.4, -0.2) is 64.0 Å². The number of amides is 1. The van der Waals surface area contributed by atoms with Gasteiger partial charge in [-0.3, -0.25) is 19.3 Å². The quantitative estimate of drug-likeness (QED) is 0.343. The molecule has 41 heavy (non-hydrogen) atoms. The predicted octanol–water partition coefficient (Wildman–Crippen LogP) is 3.00. The second kappa shape index (κ2) is 9.88. The third-order valence-electron chi connectivity index (χ3n) is 8.73. The van der Waals surface area contributed by atoms with Crippen LogP contribution in [0.3, 0.4) is 0 Å². The lowest BCUT2D eigenvalue weighted by atomic mass is 9.60. The Morgan fingerprint density at radius 1 is 1.15 bits per heavy atom. The molecular weight excluding hydrogens is 543 g/mol. The molecule has 4 unspecified atom stereocenters. The number of rotatable bonds is 4. The second-order valence-corrected chi connectivity index (χ2v) is 11.2. The fraction of sp³-hybridized carbons (Fsp3) is 0.414. The fourth-order valence-corrected chi connectivity index (χ4v) is 6.97. The average Bonchev–Trinajstić information content (AvgIpc) is 2.87. The number of aliphatic hydroxyl groups is 2. The molecule has 0 aliphatic heterocycles. The number of hydrogen-bond donors (Lipinski definition) is 5. The molecule has 0 fully saturated rings. The van der Waals surface area contributed by atoms with E-state index in [0.29, 0.717) is 11.1 Å². The highest BCUT2D eigenvalue weighted by Crippen LogP contribution is 2.52. The van der Waals surface area contributed by atoms with Crippen molar-refractivity contribution >= 4 is 17.5 Å². The first-order chi connectivity index (χ1) is 19.2. The van der Waals surface area contributed by atoms with Crippen LogP contribution in [0.4, 0.5) is 13.2 Å². The molecule has 0 bridgehead atoms. The number of fused-ring (bicyclic) bond motifs is 3. The monoisotopic (exact) mass is 573 g/mol. The van der Waals surface area contributed by atoms with Gasteiger partial charge in [0.15, 0.2) is 11.6 Å². The van der Waals surface area contributed by atoms with E-state index in [0.717, 1.165) is 12.2 Å². The van der Waals surface area contributed by atoms with E-state index in [2.05, 4.69) is 0 Å². The molecule has 7 N–H and O–H groups in total. The van der Waals surface area contributed by atoms with Crippen molar-refractivity contribution in [2.75, 3.05) is 14.1 Å². The van der Waals surface area contributed by atoms with Crippen LogP contribution < -0.4 is 11.5 Å². The highest BCUT2D eigenvalue weighted by atomic mass is 19.4. The first-order valence-electron chi connectivity index (χ1n) is 13.1. The predicted molar refractivity (Wildman–Crippen MR) is 141 cm³/mol. The molecule has 4 aliphatic rings. The van der Waals surface area contributed by atoms with Crippen LogP contribution in [-0.2, 0) is 22.6 Å². The number of benzene rings is 1. The molecule has 1 amide bonds. The summed E-state index contributed by atoms with van der Waals surface area (Å²) in [6.45, 7) is -0.159. The topological polar surface area (TPSA) is 167 Å². The van der Waals surface area contributed by atoms with Gasteiger partial charge in [0.05, 0.1) is 23.1 Å². The summed E-state index contributed by atoms with van der Waals surface area (Å²) in [6, 6.07) is 0.740. The first kappa shape index (κ1) is 28.6. The molecule has 5 rings (SSSR count). The number of phenols is 1. The van der Waals surface area contributed by atoms with Crippen molar-refractivity contribution < 1.29 is 42.9 Å². The molecule has 12 heteroatoms. The number of nitrogens with two attached hydrogens (primary N) is 2. The lowest BCUT2D eigenvalue weighted by Gasteiger charge is -2.46. The number of aliphatic hydroxyl groups excluding tert-OH is 2. The summed E-state index contributed by atoms with van der Waals surface area (Å²) in [5, 5.41) is 33.3. The number of likely N-dealkylation sites (N-methyl/N-ethyl adjacent to an activating group) is 1. The Bertz CT molecular complexity index is 1500. The number of ketones is 2. The first-order valence-corrected chi connectivity index (χ1v) is 13.1. The van der Waals surface area contributed by atoms with E-state index in [1.807, 2.05) is 0 Å². The van der Waals surface area contributed by atoms with Crippen molar-refractivity contribution in [2.45, 2.75) is 43.9 Å². The molecular formula is C29H30F3N3O6. The summed E-state index contributed by atoms with van der Waals surface area (Å²) in [7, 11) is 3.26. The standard InChI is InChI=1S/C29H30F3N3O6/c1-35(2)22-17-8-12-7-16-15(11-3-5-14(6-4-11)29(30,31)32)9-13(10-33)23(36)19(16)24(37)18(12)25(38)20(17)26(39)21(27(22)40)28(34)41/h3,5-6,9,11-12,17,20,22,36,38,40H,4,7-8,10,33H2,1-2H3,(H2,34,41)/t11?,12?,17?,20?,22-/m1/s1. The summed E-state index contributed by atoms with van der Waals surface area (Å²) >= 11 is 0. The Labute approximate surface area is 233 Å². The maximum atomic E-state index is 14.0. The van der Waals surface area contributed by atoms with Crippen LogP contribution in [0.5, 0.6) is 5.75 Å². The number of hydrogen-bond acceptors (Lipinski definition) is 8. The van der Waals surface area contributed by atoms with Crippen LogP contribution >= 0.6 is 0 Å². The lowest BCUT2D eigenvalue weighted by molar-refractivity contribution is -0.127. The largest absolute Gasteiger partial charge is 0.511 e. The number of carbonyl (C=O) groups excluding carboxylic acids is 3. The Balaban J connectivity index is 1.65. The van der Waals surface area contributed by atoms with E-state index in [-0.39, 0.29) is 48.3 Å². The molecule has 5 atom stereocenters. The Morgan fingerprint density at radius 3 is 2.37 bits per heavy atom. The number of alkyl halides is 3. The van der Waals surface area contributed by atoms with Crippen molar-refractivity contribution in [3.05, 3.63) is 74.8 Å². The van der Waals surface area contributed by atoms with Gasteiger partial charge < -0.3 is 26.8 Å². The zero-order valence-corrected chi connectivity index (χ0v) is 22.3. The van der Waals surface area contributed by atoms with E-state index in [4.69, 9.17) is 11.5 Å². The van der Waals surface area contributed by atoms with Crippen molar-refractivity contribution in [1.29, 1.82) is 0 Å². The van der Waals surface area contributed by atoms with Crippen molar-refractivity contribution in [3.63, 3.8) is 0 Å². The normalized spacial score (nSPS) is 28.0. The van der Waals surface area contributed by atoms with Crippen LogP contribution in [0.25, 0.3) is 0 Å². The maximum absolute atomic E-state index is 14.0. The highest BCUT2D eigenvalue weighted by Gasteiger charge is 2.54. The number of allylic oxidation sites excluding steroid dienone is 6. The number of halogens is 3. The average molecular weight is 574 g/mol. The molecule has 4 aliphatic carbocycles. The van der Waals surface area contributed by atoms with E-state index in [9.17, 15) is 42.9 Å². The summed E-state index contributed by atoms with van der Waals surface area (Å²) < 4.78 is 39.7. The summed E-state index contributed by atoms with van der Waals surface area (Å²) in [6.07, 6.45) is -0.704. The molecule has 1 aromatic carbocycles. The van der Waals surface area contributed by atoms with Gasteiger partial charge in [-0.1, -0.05) is 18.2 Å². The van der Waals surface area contributed by atoms with Gasteiger partial charge in [0.25, 0.3) is 5.91 Å². The number of primary amides is 1. The molecule has 0 aromatic heterocycles. The Morgan fingerprint density at radius 2 is 1.83 bits per heavy atom. The number of Topliss-reactive ketones (excluding diaryl/α,β-unsaturated/α-hetero) is 2. The second-order valence-electron chi connectivity index (χ2n) is 11.2. The molecule has 0 saturated heterocycles. The SMILES string of the molecule is CN(C)[C@H]1C(O)=C(C(N)=O)C(=O)C2C(O)=C3C(=O)c4c(O)c(CN)cc(C5C=CC(C(F)(F)F)=CC5)c4CC3CC21. The number of carbonyl (C=O) groups is 3. The third-order valence-corrected chi connectivity index (χ3v) is 8.73. The minimum absolute atomic E-state index is 0.00976. The Hall–Kier alpha value is -3.90. The van der Waals surface area contributed by atoms with Crippen molar-refractivity contribution in [3.8, 4) is 5.75 Å². The zero-order chi connectivity index (χ0) is 30.1. The van der Waals surface area contributed by atoms with Gasteiger partial charge >= 0.3 is 6.18 Å². The minimum Gasteiger partial charge on any atom is -0.511 e. The number of nitrogens with zero attached hydrogens (tertiary/aromatic N) is 1. The van der Waals surface area contributed by atoms with Crippen LogP contribution in [0.2, 0.25) is 0 Å². The molecule has 218 valence electrons. The van der Waals surface area contributed by atoms with Crippen molar-refractivity contribution in [1.82, 2.24) is 4.90 Å². The van der Waals surface area contributed by atoms with E-state index < -0.39 is 76.0 Å². The van der Waals surface area contributed by atoms with Crippen molar-refractivity contribution in [2.24, 2.45) is 29.2 Å². The van der Waals surface area contributed by atoms with Crippen LogP contribution in [0, 0.1) is 17.8 Å². The molecule has 9 nitrogen and oxygen atoms in total. The van der Waals surface area contributed by atoms with E-state index >= 15 is 0 Å².